The van der Waals surface area contributed by atoms with Crippen LogP contribution in [0.5, 0.6) is 0 Å². The molecule has 6 nitrogen and oxygen atoms in total. The molecule has 0 radical (unpaired) electrons. The number of fused-ring (bicyclic) bond motifs is 1. The van der Waals surface area contributed by atoms with E-state index >= 15 is 0 Å². The summed E-state index contributed by atoms with van der Waals surface area (Å²) in [6.07, 6.45) is 0. The van der Waals surface area contributed by atoms with Gasteiger partial charge in [0.15, 0.2) is 6.61 Å². The first-order valence-corrected chi connectivity index (χ1v) is 9.87. The highest BCUT2D eigenvalue weighted by Crippen LogP contribution is 2.13. The maximum absolute atomic E-state index is 12.1. The number of nitrogens with one attached hydrogen (secondary N) is 1. The predicted octanol–water partition coefficient (Wildman–Crippen LogP) is 3.00. The first kappa shape index (κ1) is 19.7. The van der Waals surface area contributed by atoms with Crippen LogP contribution in [0.4, 0.5) is 0 Å². The van der Waals surface area contributed by atoms with Crippen molar-refractivity contribution in [3.63, 3.8) is 0 Å². The molecule has 1 N–H and O–H groups in total. The van der Waals surface area contributed by atoms with Gasteiger partial charge < -0.3 is 14.5 Å². The molecule has 0 saturated carbocycles. The van der Waals surface area contributed by atoms with Gasteiger partial charge in [0, 0.05) is 23.4 Å². The summed E-state index contributed by atoms with van der Waals surface area (Å²) >= 11 is 1.70. The molecule has 0 aliphatic heterocycles. The van der Waals surface area contributed by atoms with Gasteiger partial charge >= 0.3 is 11.6 Å². The summed E-state index contributed by atoms with van der Waals surface area (Å²) in [5, 5.41) is 3.29. The molecule has 144 valence electrons. The molecular weight excluding hydrogens is 378 g/mol. The van der Waals surface area contributed by atoms with Crippen molar-refractivity contribution in [3.05, 3.63) is 82.2 Å². The van der Waals surface area contributed by atoms with E-state index in [0.29, 0.717) is 17.5 Å². The lowest BCUT2D eigenvalue weighted by atomic mass is 10.2. The minimum Gasteiger partial charge on any atom is -0.452 e. The highest BCUT2D eigenvalue weighted by molar-refractivity contribution is 7.98. The van der Waals surface area contributed by atoms with Crippen LogP contribution >= 0.6 is 11.8 Å². The van der Waals surface area contributed by atoms with E-state index in [1.165, 1.54) is 11.6 Å². The van der Waals surface area contributed by atoms with Crippen molar-refractivity contribution in [3.8, 4) is 0 Å². The van der Waals surface area contributed by atoms with Crippen LogP contribution in [-0.4, -0.2) is 30.8 Å². The number of ether oxygens (including phenoxy) is 1. The van der Waals surface area contributed by atoms with E-state index in [4.69, 9.17) is 9.15 Å². The Morgan fingerprint density at radius 2 is 1.79 bits per heavy atom. The van der Waals surface area contributed by atoms with Gasteiger partial charge in [-0.15, -0.1) is 0 Å². The summed E-state index contributed by atoms with van der Waals surface area (Å²) in [6, 6.07) is 18.3. The Labute approximate surface area is 165 Å². The summed E-state index contributed by atoms with van der Waals surface area (Å²) in [5.41, 5.74) is 0.586. The molecule has 0 aliphatic carbocycles. The van der Waals surface area contributed by atoms with E-state index in [0.717, 1.165) is 11.5 Å². The van der Waals surface area contributed by atoms with Gasteiger partial charge in [-0.1, -0.05) is 48.5 Å². The lowest BCUT2D eigenvalue weighted by Crippen LogP contribution is -2.31. The van der Waals surface area contributed by atoms with Crippen molar-refractivity contribution in [2.24, 2.45) is 0 Å². The second-order valence-electron chi connectivity index (χ2n) is 5.95. The van der Waals surface area contributed by atoms with Gasteiger partial charge in [0.1, 0.15) is 11.1 Å². The fourth-order valence-corrected chi connectivity index (χ4v) is 3.31. The summed E-state index contributed by atoms with van der Waals surface area (Å²) < 4.78 is 10.0. The molecule has 0 fully saturated rings. The van der Waals surface area contributed by atoms with Crippen molar-refractivity contribution in [2.75, 3.05) is 18.9 Å². The smallest absolute Gasteiger partial charge is 0.351 e. The minimum absolute atomic E-state index is 0.232. The standard InChI is InChI=1S/C21H19NO5S/c23-19(22-10-11-28-14-15-6-2-1-3-7-15)13-26-20(24)17-12-16-8-4-5-9-18(16)27-21(17)25/h1-9,12H,10-11,13-14H2,(H,22,23). The van der Waals surface area contributed by atoms with Crippen LogP contribution in [0.15, 0.2) is 69.9 Å². The summed E-state index contributed by atoms with van der Waals surface area (Å²) in [5.74, 6) is 0.304. The first-order valence-electron chi connectivity index (χ1n) is 8.72. The number of rotatable bonds is 8. The Kier molecular flexibility index (Phi) is 6.86. The number of para-hydroxylation sites is 1. The molecule has 3 aromatic rings. The Bertz CT molecular complexity index is 1020. The van der Waals surface area contributed by atoms with Crippen LogP contribution in [0.25, 0.3) is 11.0 Å². The Morgan fingerprint density at radius 1 is 1.04 bits per heavy atom. The zero-order valence-electron chi connectivity index (χ0n) is 15.1. The van der Waals surface area contributed by atoms with Crippen molar-refractivity contribution in [2.45, 2.75) is 5.75 Å². The second-order valence-corrected chi connectivity index (χ2v) is 7.05. The molecule has 1 aromatic heterocycles. The number of carbonyl (C=O) groups excluding carboxylic acids is 2. The number of hydrogen-bond acceptors (Lipinski definition) is 6. The van der Waals surface area contributed by atoms with Crippen molar-refractivity contribution >= 4 is 34.6 Å². The zero-order valence-corrected chi connectivity index (χ0v) is 15.9. The van der Waals surface area contributed by atoms with Gasteiger partial charge in [-0.3, -0.25) is 4.79 Å². The quantitative estimate of drug-likeness (QED) is 0.357. The SMILES string of the molecule is O=C(COC(=O)c1cc2ccccc2oc1=O)NCCSCc1ccccc1. The van der Waals surface area contributed by atoms with Crippen LogP contribution in [0.2, 0.25) is 0 Å². The van der Waals surface area contributed by atoms with Crippen LogP contribution in [0.1, 0.15) is 15.9 Å². The van der Waals surface area contributed by atoms with Crippen molar-refractivity contribution in [1.29, 1.82) is 0 Å². The lowest BCUT2D eigenvalue weighted by Gasteiger charge is -2.07. The topological polar surface area (TPSA) is 85.6 Å². The monoisotopic (exact) mass is 397 g/mol. The van der Waals surface area contributed by atoms with Gasteiger partial charge in [0.25, 0.3) is 5.91 Å². The molecule has 1 amide bonds. The van der Waals surface area contributed by atoms with Gasteiger partial charge in [0.05, 0.1) is 0 Å². The van der Waals surface area contributed by atoms with E-state index in [2.05, 4.69) is 5.32 Å². The highest BCUT2D eigenvalue weighted by Gasteiger charge is 2.16. The van der Waals surface area contributed by atoms with Crippen LogP contribution in [0.3, 0.4) is 0 Å². The molecule has 7 heteroatoms. The van der Waals surface area contributed by atoms with Gasteiger partial charge in [0.2, 0.25) is 0 Å². The van der Waals surface area contributed by atoms with Crippen molar-refractivity contribution < 1.29 is 18.7 Å². The number of amides is 1. The third-order valence-electron chi connectivity index (χ3n) is 3.88. The lowest BCUT2D eigenvalue weighted by molar-refractivity contribution is -0.124. The van der Waals surface area contributed by atoms with Gasteiger partial charge in [-0.2, -0.15) is 11.8 Å². The molecule has 0 saturated heterocycles. The predicted molar refractivity (Wildman–Crippen MR) is 108 cm³/mol. The zero-order chi connectivity index (χ0) is 19.8. The number of carbonyl (C=O) groups is 2. The normalized spacial score (nSPS) is 10.6. The van der Waals surface area contributed by atoms with Gasteiger partial charge in [-0.25, -0.2) is 9.59 Å². The number of benzene rings is 2. The van der Waals surface area contributed by atoms with Crippen LogP contribution in [-0.2, 0) is 15.3 Å². The summed E-state index contributed by atoms with van der Waals surface area (Å²) in [4.78, 5) is 35.8. The Morgan fingerprint density at radius 3 is 2.61 bits per heavy atom. The molecule has 0 atom stereocenters. The van der Waals surface area contributed by atoms with E-state index in [9.17, 15) is 14.4 Å². The van der Waals surface area contributed by atoms with E-state index in [-0.39, 0.29) is 5.56 Å². The molecule has 28 heavy (non-hydrogen) atoms. The first-order chi connectivity index (χ1) is 13.6. The molecule has 0 spiro atoms. The summed E-state index contributed by atoms with van der Waals surface area (Å²) in [7, 11) is 0. The maximum Gasteiger partial charge on any atom is 0.351 e. The van der Waals surface area contributed by atoms with E-state index in [1.54, 1.807) is 36.0 Å². The second kappa shape index (κ2) is 9.75. The largest absolute Gasteiger partial charge is 0.452 e. The van der Waals surface area contributed by atoms with Crippen LogP contribution < -0.4 is 10.9 Å². The number of hydrogen-bond donors (Lipinski definition) is 1. The number of thioether (sulfide) groups is 1. The molecule has 0 aliphatic rings. The molecular formula is C21H19NO5S. The third-order valence-corrected chi connectivity index (χ3v) is 4.91. The van der Waals surface area contributed by atoms with E-state index < -0.39 is 24.1 Å². The van der Waals surface area contributed by atoms with Gasteiger partial charge in [-0.05, 0) is 17.7 Å². The van der Waals surface area contributed by atoms with Crippen molar-refractivity contribution in [1.82, 2.24) is 5.32 Å². The average molecular weight is 397 g/mol. The van der Waals surface area contributed by atoms with E-state index in [1.807, 2.05) is 30.3 Å². The molecule has 0 bridgehead atoms. The Hall–Kier alpha value is -3.06. The minimum atomic E-state index is -0.881. The Balaban J connectivity index is 1.41. The highest BCUT2D eigenvalue weighted by atomic mass is 32.2. The average Bonchev–Trinajstić information content (AvgIpc) is 2.72. The number of esters is 1. The molecule has 1 heterocycles. The van der Waals surface area contributed by atoms with Crippen LogP contribution in [0, 0.1) is 0 Å². The fraction of sp³-hybridized carbons (Fsp3) is 0.190. The molecule has 0 unspecified atom stereocenters. The summed E-state index contributed by atoms with van der Waals surface area (Å²) in [6.45, 7) is 0.0143. The third kappa shape index (κ3) is 5.47. The molecule has 2 aromatic carbocycles. The molecule has 3 rings (SSSR count). The maximum atomic E-state index is 12.1. The fourth-order valence-electron chi connectivity index (χ4n) is 2.49.